The van der Waals surface area contributed by atoms with E-state index in [0.717, 1.165) is 27.3 Å². The van der Waals surface area contributed by atoms with Crippen LogP contribution in [0.4, 0.5) is 0 Å². The van der Waals surface area contributed by atoms with Gasteiger partial charge in [0.2, 0.25) is 5.78 Å². The summed E-state index contributed by atoms with van der Waals surface area (Å²) >= 11 is 0. The van der Waals surface area contributed by atoms with Crippen molar-refractivity contribution < 1.29 is 4.79 Å². The zero-order valence-electron chi connectivity index (χ0n) is 16.6. The first-order valence-corrected chi connectivity index (χ1v) is 11.7. The number of benzene rings is 3. The van der Waals surface area contributed by atoms with Gasteiger partial charge in [-0.15, -0.1) is 0 Å². The summed E-state index contributed by atoms with van der Waals surface area (Å²) < 4.78 is 0. The Morgan fingerprint density at radius 2 is 1.30 bits per heavy atom. The van der Waals surface area contributed by atoms with Crippen molar-refractivity contribution in [3.8, 4) is 0 Å². The molecule has 1 aromatic heterocycles. The zero-order chi connectivity index (χ0) is 20.6. The standard InChI is InChI=1S/C26H21N2OP/c1-19-24-23(17-18-27-24)30(21-13-7-3-8-14-21,22-15-9-4-10-16-22)26(28-19)25(29)20-11-5-2-6-12-20/h2-18,27H,1H3. The smallest absolute Gasteiger partial charge is 0.212 e. The van der Waals surface area contributed by atoms with E-state index in [9.17, 15) is 4.79 Å². The predicted octanol–water partition coefficient (Wildman–Crippen LogP) is 4.14. The second-order valence-electron chi connectivity index (χ2n) is 7.30. The summed E-state index contributed by atoms with van der Waals surface area (Å²) in [5.74, 6) is -0.0113. The molecule has 5 rings (SSSR count). The van der Waals surface area contributed by atoms with Gasteiger partial charge < -0.3 is 4.98 Å². The van der Waals surface area contributed by atoms with Gasteiger partial charge in [-0.3, -0.25) is 4.79 Å². The molecule has 2 heterocycles. The Balaban J connectivity index is 1.99. The normalized spacial score (nSPS) is 14.7. The van der Waals surface area contributed by atoms with Gasteiger partial charge in [0, 0.05) is 24.0 Å². The average molecular weight is 408 g/mol. The molecular weight excluding hydrogens is 387 g/mol. The lowest BCUT2D eigenvalue weighted by molar-refractivity contribution is 0.106. The molecule has 0 amide bonds. The summed E-state index contributed by atoms with van der Waals surface area (Å²) in [5.41, 5.74) is 3.16. The van der Waals surface area contributed by atoms with Crippen LogP contribution in [0, 0.1) is 0 Å². The molecule has 0 radical (unpaired) electrons. The van der Waals surface area contributed by atoms with Crippen LogP contribution >= 0.6 is 6.89 Å². The Kier molecular flexibility index (Phi) is 4.61. The Hall–Kier alpha value is -3.42. The van der Waals surface area contributed by atoms with E-state index in [-0.39, 0.29) is 5.78 Å². The van der Waals surface area contributed by atoms with E-state index in [2.05, 4.69) is 35.3 Å². The molecule has 3 aromatic carbocycles. The zero-order valence-corrected chi connectivity index (χ0v) is 17.5. The molecule has 146 valence electrons. The van der Waals surface area contributed by atoms with E-state index in [1.165, 1.54) is 0 Å². The highest BCUT2D eigenvalue weighted by Crippen LogP contribution is 2.49. The van der Waals surface area contributed by atoms with Gasteiger partial charge in [0.1, 0.15) is 5.42 Å². The highest BCUT2D eigenvalue weighted by Gasteiger charge is 2.38. The highest BCUT2D eigenvalue weighted by atomic mass is 31.2. The fourth-order valence-corrected chi connectivity index (χ4v) is 8.64. The molecule has 0 saturated carbocycles. The number of carbonyl (C=O) groups is 1. The monoisotopic (exact) mass is 408 g/mol. The minimum absolute atomic E-state index is 0.0113. The maximum atomic E-state index is 13.9. The van der Waals surface area contributed by atoms with E-state index in [1.54, 1.807) is 0 Å². The Labute approximate surface area is 176 Å². The van der Waals surface area contributed by atoms with Crippen LogP contribution in [0.5, 0.6) is 0 Å². The highest BCUT2D eigenvalue weighted by molar-refractivity contribution is 7.96. The maximum Gasteiger partial charge on any atom is 0.212 e. The summed E-state index contributed by atoms with van der Waals surface area (Å²) in [4.78, 5) is 22.3. The fourth-order valence-electron chi connectivity index (χ4n) is 4.23. The molecule has 0 aliphatic carbocycles. The maximum absolute atomic E-state index is 13.9. The van der Waals surface area contributed by atoms with Gasteiger partial charge in [0.15, 0.2) is 0 Å². The predicted molar refractivity (Wildman–Crippen MR) is 127 cm³/mol. The quantitative estimate of drug-likeness (QED) is 0.400. The molecule has 4 aromatic rings. The van der Waals surface area contributed by atoms with Crippen LogP contribution in [0.2, 0.25) is 0 Å². The summed E-state index contributed by atoms with van der Waals surface area (Å²) in [7, 11) is 0. The molecule has 3 nitrogen and oxygen atoms in total. The number of hydrogen-bond acceptors (Lipinski definition) is 2. The third-order valence-corrected chi connectivity index (χ3v) is 9.74. The molecule has 1 N–H and O–H groups in total. The Bertz CT molecular complexity index is 1260. The van der Waals surface area contributed by atoms with Crippen molar-refractivity contribution in [1.82, 2.24) is 4.98 Å². The molecule has 0 atom stereocenters. The van der Waals surface area contributed by atoms with Crippen LogP contribution < -0.4 is 15.9 Å². The SMILES string of the molecule is CC1=NC(C(=O)c2ccccc2)=P(c2ccccc2)(c2ccccc2)c2cc[nH]c21. The second kappa shape index (κ2) is 7.44. The lowest BCUT2D eigenvalue weighted by Gasteiger charge is -2.33. The first-order valence-electron chi connectivity index (χ1n) is 9.94. The Morgan fingerprint density at radius 1 is 0.767 bits per heavy atom. The van der Waals surface area contributed by atoms with Gasteiger partial charge in [-0.25, -0.2) is 4.99 Å². The van der Waals surface area contributed by atoms with Crippen molar-refractivity contribution in [2.75, 3.05) is 0 Å². The average Bonchev–Trinajstić information content (AvgIpc) is 3.32. The number of nitrogens with zero attached hydrogens (tertiary/aromatic N) is 1. The van der Waals surface area contributed by atoms with Crippen molar-refractivity contribution in [3.63, 3.8) is 0 Å². The third kappa shape index (κ3) is 2.74. The summed E-state index contributed by atoms with van der Waals surface area (Å²) in [6.07, 6.45) is 1.96. The van der Waals surface area contributed by atoms with E-state index >= 15 is 0 Å². The van der Waals surface area contributed by atoms with Crippen LogP contribution in [0.3, 0.4) is 0 Å². The molecule has 0 fully saturated rings. The molecule has 0 bridgehead atoms. The number of fused-ring (bicyclic) bond motifs is 1. The Morgan fingerprint density at radius 3 is 1.87 bits per heavy atom. The van der Waals surface area contributed by atoms with Crippen molar-refractivity contribution in [1.29, 1.82) is 0 Å². The van der Waals surface area contributed by atoms with Crippen molar-refractivity contribution in [2.45, 2.75) is 6.92 Å². The number of aromatic amines is 1. The molecule has 0 unspecified atom stereocenters. The first kappa shape index (κ1) is 18.6. The van der Waals surface area contributed by atoms with E-state index in [0.29, 0.717) is 11.0 Å². The van der Waals surface area contributed by atoms with E-state index in [4.69, 9.17) is 4.99 Å². The van der Waals surface area contributed by atoms with Crippen LogP contribution in [0.15, 0.2) is 108 Å². The number of carbonyl (C=O) groups excluding carboxylic acids is 1. The molecule has 4 heteroatoms. The number of H-pyrrole nitrogens is 1. The van der Waals surface area contributed by atoms with Gasteiger partial charge in [0.05, 0.1) is 11.4 Å². The number of aliphatic imine (C=N–C) groups is 1. The second-order valence-corrected chi connectivity index (χ2v) is 10.6. The molecular formula is C26H21N2OP. The lowest BCUT2D eigenvalue weighted by atomic mass is 10.1. The van der Waals surface area contributed by atoms with Crippen LogP contribution in [-0.2, 0) is 0 Å². The van der Waals surface area contributed by atoms with Crippen LogP contribution in [0.1, 0.15) is 23.0 Å². The number of ketones is 1. The van der Waals surface area contributed by atoms with Gasteiger partial charge >= 0.3 is 0 Å². The number of hydrogen-bond donors (Lipinski definition) is 1. The van der Waals surface area contributed by atoms with Gasteiger partial charge in [-0.05, 0) is 23.6 Å². The summed E-state index contributed by atoms with van der Waals surface area (Å²) in [6.45, 7) is -0.488. The third-order valence-electron chi connectivity index (χ3n) is 5.57. The number of Topliss-reactive ketones (excluding diaryl/α,β-unsaturated/α-hetero) is 1. The molecule has 1 aliphatic rings. The van der Waals surface area contributed by atoms with Crippen molar-refractivity contribution in [3.05, 3.63) is 115 Å². The largest absolute Gasteiger partial charge is 0.360 e. The van der Waals surface area contributed by atoms with Crippen LogP contribution in [-0.4, -0.2) is 21.9 Å². The minimum Gasteiger partial charge on any atom is -0.360 e. The number of aromatic nitrogens is 1. The number of nitrogens with one attached hydrogen (secondary N) is 1. The molecule has 0 saturated heterocycles. The van der Waals surface area contributed by atoms with Crippen molar-refractivity contribution >= 4 is 39.7 Å². The van der Waals surface area contributed by atoms with Gasteiger partial charge in [-0.2, -0.15) is 0 Å². The van der Waals surface area contributed by atoms with E-state index in [1.807, 2.05) is 79.9 Å². The van der Waals surface area contributed by atoms with E-state index < -0.39 is 6.89 Å². The fraction of sp³-hybridized carbons (Fsp3) is 0.0385. The number of rotatable bonds is 4. The molecule has 30 heavy (non-hydrogen) atoms. The van der Waals surface area contributed by atoms with Crippen LogP contribution in [0.25, 0.3) is 0 Å². The summed E-state index contributed by atoms with van der Waals surface area (Å²) in [5, 5.41) is 3.42. The first-order chi connectivity index (χ1) is 14.7. The topological polar surface area (TPSA) is 45.2 Å². The van der Waals surface area contributed by atoms with Gasteiger partial charge in [0.25, 0.3) is 0 Å². The van der Waals surface area contributed by atoms with Crippen molar-refractivity contribution in [2.24, 2.45) is 4.99 Å². The van der Waals surface area contributed by atoms with Gasteiger partial charge in [-0.1, -0.05) is 91.0 Å². The lowest BCUT2D eigenvalue weighted by Crippen LogP contribution is -2.37. The molecule has 0 spiro atoms. The molecule has 1 aliphatic heterocycles. The summed E-state index contributed by atoms with van der Waals surface area (Å²) in [6, 6.07) is 32.3. The minimum atomic E-state index is -2.46.